The van der Waals surface area contributed by atoms with Crippen LogP contribution >= 0.6 is 12.6 Å². The molecule has 0 aliphatic carbocycles. The van der Waals surface area contributed by atoms with Crippen LogP contribution in [0.2, 0.25) is 0 Å². The van der Waals surface area contributed by atoms with Gasteiger partial charge in [-0.3, -0.25) is 20.2 Å². The van der Waals surface area contributed by atoms with Crippen LogP contribution in [0.1, 0.15) is 11.1 Å². The second-order valence-corrected chi connectivity index (χ2v) is 7.15. The lowest BCUT2D eigenvalue weighted by atomic mass is 10.2. The molecule has 0 radical (unpaired) electrons. The Hall–Kier alpha value is -3.87. The fraction of sp³-hybridized carbons (Fsp3) is 0.263. The third-order valence-corrected chi connectivity index (χ3v) is 4.36. The molecule has 2 rings (SSSR count). The summed E-state index contributed by atoms with van der Waals surface area (Å²) < 4.78 is 10.0. The molecule has 0 spiro atoms. The number of ether oxygens (including phenoxy) is 2. The molecule has 0 heterocycles. The van der Waals surface area contributed by atoms with Crippen molar-refractivity contribution in [3.63, 3.8) is 0 Å². The van der Waals surface area contributed by atoms with Crippen LogP contribution in [0.3, 0.4) is 0 Å². The van der Waals surface area contributed by atoms with Crippen LogP contribution in [0.4, 0.5) is 21.0 Å². The molecule has 13 heteroatoms. The molecule has 0 aliphatic rings. The van der Waals surface area contributed by atoms with Gasteiger partial charge in [-0.1, -0.05) is 0 Å². The standard InChI is InChI=1S/C19H20N4O8S/c24-18(30-11-13-1-5-15(6-2-13)22(26)27)20-9-17(32)10-21-19(25)31-12-14-3-7-16(8-4-14)23(28)29/h1-8,17,32H,9-12H2,(H,20,24)(H,21,25). The first kappa shape index (κ1) is 24.4. The first-order valence-corrected chi connectivity index (χ1v) is 9.72. The smallest absolute Gasteiger partial charge is 0.407 e. The lowest BCUT2D eigenvalue weighted by Crippen LogP contribution is -2.37. The van der Waals surface area contributed by atoms with Gasteiger partial charge in [-0.2, -0.15) is 12.6 Å². The van der Waals surface area contributed by atoms with Crippen LogP contribution in [0.15, 0.2) is 48.5 Å². The van der Waals surface area contributed by atoms with Gasteiger partial charge in [-0.25, -0.2) is 9.59 Å². The molecule has 2 aromatic carbocycles. The third kappa shape index (κ3) is 8.47. The Morgan fingerprint density at radius 1 is 0.781 bits per heavy atom. The Labute approximate surface area is 187 Å². The van der Waals surface area contributed by atoms with Crippen molar-refractivity contribution in [2.75, 3.05) is 13.1 Å². The number of hydrogen-bond acceptors (Lipinski definition) is 9. The molecule has 12 nitrogen and oxygen atoms in total. The second-order valence-electron chi connectivity index (χ2n) is 6.42. The van der Waals surface area contributed by atoms with Gasteiger partial charge >= 0.3 is 12.2 Å². The van der Waals surface area contributed by atoms with Crippen molar-refractivity contribution in [3.05, 3.63) is 79.9 Å². The molecular weight excluding hydrogens is 444 g/mol. The van der Waals surface area contributed by atoms with Gasteiger partial charge < -0.3 is 20.1 Å². The first-order chi connectivity index (χ1) is 15.2. The summed E-state index contributed by atoms with van der Waals surface area (Å²) in [6.07, 6.45) is -1.41. The van der Waals surface area contributed by atoms with Crippen molar-refractivity contribution in [1.82, 2.24) is 10.6 Å². The van der Waals surface area contributed by atoms with E-state index in [1.54, 1.807) is 0 Å². The van der Waals surface area contributed by atoms with E-state index in [-0.39, 0.29) is 37.7 Å². The second kappa shape index (κ2) is 12.1. The van der Waals surface area contributed by atoms with Crippen LogP contribution in [-0.2, 0) is 22.7 Å². The molecule has 170 valence electrons. The van der Waals surface area contributed by atoms with E-state index in [2.05, 4.69) is 23.3 Å². The number of carbonyl (C=O) groups excluding carboxylic acids is 2. The number of nitro benzene ring substituents is 2. The molecule has 0 saturated carbocycles. The van der Waals surface area contributed by atoms with Crippen LogP contribution in [0, 0.1) is 20.2 Å². The number of carbonyl (C=O) groups is 2. The van der Waals surface area contributed by atoms with Gasteiger partial charge in [0.25, 0.3) is 11.4 Å². The number of benzene rings is 2. The summed E-state index contributed by atoms with van der Waals surface area (Å²) in [4.78, 5) is 43.6. The Bertz CT molecular complexity index is 875. The summed E-state index contributed by atoms with van der Waals surface area (Å²) >= 11 is 4.25. The van der Waals surface area contributed by atoms with E-state index in [1.165, 1.54) is 48.5 Å². The average Bonchev–Trinajstić information content (AvgIpc) is 2.79. The zero-order valence-electron chi connectivity index (χ0n) is 16.6. The summed E-state index contributed by atoms with van der Waals surface area (Å²) in [6.45, 7) is 0.0816. The molecule has 2 N–H and O–H groups in total. The summed E-state index contributed by atoms with van der Waals surface area (Å²) in [7, 11) is 0. The number of thiol groups is 1. The van der Waals surface area contributed by atoms with Gasteiger partial charge in [0.15, 0.2) is 0 Å². The van der Waals surface area contributed by atoms with E-state index < -0.39 is 27.3 Å². The molecule has 2 aromatic rings. The van der Waals surface area contributed by atoms with Crippen molar-refractivity contribution < 1.29 is 28.9 Å². The lowest BCUT2D eigenvalue weighted by Gasteiger charge is -2.13. The van der Waals surface area contributed by atoms with Crippen LogP contribution in [-0.4, -0.2) is 40.4 Å². The van der Waals surface area contributed by atoms with Crippen molar-refractivity contribution in [2.24, 2.45) is 0 Å². The SMILES string of the molecule is O=C(NCC(S)CNC(=O)OCc1ccc([N+](=O)[O-])cc1)OCc1ccc([N+](=O)[O-])cc1. The number of amides is 2. The zero-order valence-corrected chi connectivity index (χ0v) is 17.5. The molecule has 0 atom stereocenters. The maximum absolute atomic E-state index is 11.7. The Kier molecular flexibility index (Phi) is 9.22. The van der Waals surface area contributed by atoms with Gasteiger partial charge in [0.05, 0.1) is 9.85 Å². The van der Waals surface area contributed by atoms with Gasteiger partial charge in [-0.15, -0.1) is 0 Å². The van der Waals surface area contributed by atoms with Gasteiger partial charge in [0, 0.05) is 42.6 Å². The van der Waals surface area contributed by atoms with Crippen molar-refractivity contribution in [3.8, 4) is 0 Å². The molecule has 0 unspecified atom stereocenters. The first-order valence-electron chi connectivity index (χ1n) is 9.20. The lowest BCUT2D eigenvalue weighted by molar-refractivity contribution is -0.385. The molecule has 0 aliphatic heterocycles. The molecule has 32 heavy (non-hydrogen) atoms. The quantitative estimate of drug-likeness (QED) is 0.274. The summed E-state index contributed by atoms with van der Waals surface area (Å²) in [5, 5.41) is 25.8. The largest absolute Gasteiger partial charge is 0.445 e. The molecule has 0 aromatic heterocycles. The van der Waals surface area contributed by atoms with E-state index >= 15 is 0 Å². The normalized spacial score (nSPS) is 10.3. The molecule has 0 bridgehead atoms. The highest BCUT2D eigenvalue weighted by Crippen LogP contribution is 2.13. The van der Waals surface area contributed by atoms with E-state index in [1.807, 2.05) is 0 Å². The van der Waals surface area contributed by atoms with Crippen molar-refractivity contribution in [1.29, 1.82) is 0 Å². The van der Waals surface area contributed by atoms with Gasteiger partial charge in [-0.05, 0) is 35.4 Å². The molecule has 0 fully saturated rings. The number of nitrogens with one attached hydrogen (secondary N) is 2. The highest BCUT2D eigenvalue weighted by molar-refractivity contribution is 7.81. The van der Waals surface area contributed by atoms with E-state index in [0.717, 1.165) is 0 Å². The van der Waals surface area contributed by atoms with Crippen LogP contribution in [0.25, 0.3) is 0 Å². The van der Waals surface area contributed by atoms with Crippen LogP contribution in [0.5, 0.6) is 0 Å². The Balaban J connectivity index is 1.60. The minimum absolute atomic E-state index is 0.0603. The predicted octanol–water partition coefficient (Wildman–Crippen LogP) is 2.95. The van der Waals surface area contributed by atoms with Gasteiger partial charge in [0.2, 0.25) is 0 Å². The summed E-state index contributed by atoms with van der Waals surface area (Å²) in [5.74, 6) is 0. The van der Waals surface area contributed by atoms with Crippen LogP contribution < -0.4 is 10.6 Å². The maximum Gasteiger partial charge on any atom is 0.407 e. The van der Waals surface area contributed by atoms with E-state index in [4.69, 9.17) is 9.47 Å². The maximum atomic E-state index is 11.7. The summed E-state index contributed by atoms with van der Waals surface area (Å²) in [5.41, 5.74) is 1.06. The van der Waals surface area contributed by atoms with Gasteiger partial charge in [0.1, 0.15) is 13.2 Å². The minimum atomic E-state index is -0.705. The monoisotopic (exact) mass is 464 g/mol. The Morgan fingerprint density at radius 3 is 1.44 bits per heavy atom. The number of nitro groups is 2. The van der Waals surface area contributed by atoms with E-state index in [9.17, 15) is 29.8 Å². The molecule has 2 amide bonds. The molecule has 0 saturated heterocycles. The number of nitrogens with zero attached hydrogens (tertiary/aromatic N) is 2. The average molecular weight is 464 g/mol. The number of hydrogen-bond donors (Lipinski definition) is 3. The highest BCUT2D eigenvalue weighted by Gasteiger charge is 2.11. The van der Waals surface area contributed by atoms with E-state index in [0.29, 0.717) is 11.1 Å². The zero-order chi connectivity index (χ0) is 23.5. The number of rotatable bonds is 10. The van der Waals surface area contributed by atoms with Crippen molar-refractivity contribution >= 4 is 36.2 Å². The fourth-order valence-corrected chi connectivity index (χ4v) is 2.48. The Morgan fingerprint density at radius 2 is 1.12 bits per heavy atom. The minimum Gasteiger partial charge on any atom is -0.445 e. The summed E-state index contributed by atoms with van der Waals surface area (Å²) in [6, 6.07) is 11.2. The number of alkyl carbamates (subject to hydrolysis) is 2. The highest BCUT2D eigenvalue weighted by atomic mass is 32.1. The number of non-ortho nitro benzene ring substituents is 2. The predicted molar refractivity (Wildman–Crippen MR) is 115 cm³/mol. The van der Waals surface area contributed by atoms with Crippen molar-refractivity contribution in [2.45, 2.75) is 18.5 Å². The molecular formula is C19H20N4O8S. The topological polar surface area (TPSA) is 163 Å². The fourth-order valence-electron chi connectivity index (χ4n) is 2.30. The third-order valence-electron chi connectivity index (χ3n) is 4.00.